The quantitative estimate of drug-likeness (QED) is 0.626. The van der Waals surface area contributed by atoms with E-state index in [9.17, 15) is 9.00 Å². The molecule has 1 heterocycles. The van der Waals surface area contributed by atoms with Crippen LogP contribution in [0, 0.1) is 5.92 Å². The molecule has 4 nitrogen and oxygen atoms in total. The van der Waals surface area contributed by atoms with Crippen LogP contribution < -0.4 is 9.21 Å². The lowest BCUT2D eigenvalue weighted by molar-refractivity contribution is 0.0990. The Morgan fingerprint density at radius 2 is 2.04 bits per heavy atom. The van der Waals surface area contributed by atoms with E-state index < -0.39 is 11.0 Å². The van der Waals surface area contributed by atoms with Gasteiger partial charge in [0.05, 0.1) is 11.3 Å². The second kappa shape index (κ2) is 8.29. The van der Waals surface area contributed by atoms with Crippen molar-refractivity contribution < 1.29 is 9.00 Å². The lowest BCUT2D eigenvalue weighted by Crippen LogP contribution is -2.31. The predicted octanol–water partition coefficient (Wildman–Crippen LogP) is 4.51. The van der Waals surface area contributed by atoms with Crippen LogP contribution in [0.2, 0.25) is 0 Å². The third kappa shape index (κ3) is 4.13. The first-order valence-electron chi connectivity index (χ1n) is 9.78. The summed E-state index contributed by atoms with van der Waals surface area (Å²) in [6.45, 7) is 0.692. The highest BCUT2D eigenvalue weighted by atomic mass is 32.2. The Balaban J connectivity index is 1.52. The molecule has 1 saturated carbocycles. The summed E-state index contributed by atoms with van der Waals surface area (Å²) in [6, 6.07) is 13.9. The number of fused-ring (bicyclic) bond motifs is 1. The zero-order chi connectivity index (χ0) is 19.7. The van der Waals surface area contributed by atoms with E-state index in [1.165, 1.54) is 35.5 Å². The molecule has 6 heteroatoms. The number of anilines is 2. The molecule has 0 bridgehead atoms. The number of benzene rings is 2. The van der Waals surface area contributed by atoms with E-state index in [-0.39, 0.29) is 5.91 Å². The first-order valence-corrected chi connectivity index (χ1v) is 12.3. The molecule has 4 rings (SSSR count). The second-order valence-electron chi connectivity index (χ2n) is 7.52. The van der Waals surface area contributed by atoms with Gasteiger partial charge in [0.25, 0.3) is 5.91 Å². The lowest BCUT2D eigenvalue weighted by Gasteiger charge is -2.23. The maximum Gasteiger partial charge on any atom is 0.260 e. The SMILES string of the molecule is CN(c1ccccc1C(=O)N1CCc2cc(SCCC3CC3)ccc21)S(C)=O. The molecular formula is C22H26N2O2S2. The monoisotopic (exact) mass is 414 g/mol. The highest BCUT2D eigenvalue weighted by Crippen LogP contribution is 2.37. The fraction of sp³-hybridized carbons (Fsp3) is 0.409. The molecule has 148 valence electrons. The first kappa shape index (κ1) is 19.5. The normalized spacial score (nSPS) is 16.7. The van der Waals surface area contributed by atoms with E-state index in [1.54, 1.807) is 17.6 Å². The maximum atomic E-state index is 13.3. The Bertz CT molecular complexity index is 911. The molecule has 1 aliphatic heterocycles. The molecule has 2 aromatic carbocycles. The molecule has 1 fully saturated rings. The van der Waals surface area contributed by atoms with Crippen molar-refractivity contribution in [1.29, 1.82) is 0 Å². The Hall–Kier alpha value is -1.79. The molecule has 1 unspecified atom stereocenters. The van der Waals surface area contributed by atoms with Gasteiger partial charge in [-0.3, -0.25) is 9.10 Å². The van der Waals surface area contributed by atoms with Gasteiger partial charge in [-0.2, -0.15) is 0 Å². The topological polar surface area (TPSA) is 40.6 Å². The summed E-state index contributed by atoms with van der Waals surface area (Å²) in [7, 11) is 0.575. The molecule has 1 amide bonds. The van der Waals surface area contributed by atoms with Crippen molar-refractivity contribution in [1.82, 2.24) is 0 Å². The van der Waals surface area contributed by atoms with E-state index in [0.717, 1.165) is 18.0 Å². The fourth-order valence-electron chi connectivity index (χ4n) is 3.64. The highest BCUT2D eigenvalue weighted by molar-refractivity contribution is 7.99. The largest absolute Gasteiger partial charge is 0.308 e. The molecule has 0 N–H and O–H groups in total. The molecule has 1 aliphatic carbocycles. The summed E-state index contributed by atoms with van der Waals surface area (Å²) >= 11 is 1.93. The smallest absolute Gasteiger partial charge is 0.260 e. The van der Waals surface area contributed by atoms with Crippen molar-refractivity contribution >= 4 is 40.0 Å². The third-order valence-corrected chi connectivity index (χ3v) is 7.54. The van der Waals surface area contributed by atoms with Gasteiger partial charge in [0.15, 0.2) is 0 Å². The number of amides is 1. The van der Waals surface area contributed by atoms with E-state index in [2.05, 4.69) is 18.2 Å². The van der Waals surface area contributed by atoms with E-state index in [4.69, 9.17) is 0 Å². The van der Waals surface area contributed by atoms with Gasteiger partial charge in [-0.25, -0.2) is 4.21 Å². The third-order valence-electron chi connectivity index (χ3n) is 5.54. The Kier molecular flexibility index (Phi) is 5.78. The maximum absolute atomic E-state index is 13.3. The number of thioether (sulfide) groups is 1. The number of carbonyl (C=O) groups is 1. The average Bonchev–Trinajstić information content (AvgIpc) is 3.43. The van der Waals surface area contributed by atoms with Crippen LogP contribution in [0.25, 0.3) is 0 Å². The van der Waals surface area contributed by atoms with Crippen LogP contribution in [0.4, 0.5) is 11.4 Å². The summed E-state index contributed by atoms with van der Waals surface area (Å²) in [6.07, 6.45) is 6.63. The second-order valence-corrected chi connectivity index (χ2v) is 10.1. The van der Waals surface area contributed by atoms with Crippen LogP contribution in [0.1, 0.15) is 35.2 Å². The van der Waals surface area contributed by atoms with Gasteiger partial charge in [-0.15, -0.1) is 11.8 Å². The van der Waals surface area contributed by atoms with Crippen molar-refractivity contribution in [2.24, 2.45) is 5.92 Å². The number of para-hydroxylation sites is 1. The molecule has 28 heavy (non-hydrogen) atoms. The number of nitrogens with zero attached hydrogens (tertiary/aromatic N) is 2. The summed E-state index contributed by atoms with van der Waals surface area (Å²) < 4.78 is 13.6. The standard InChI is InChI=1S/C22H26N2O2S2/c1-23(28(2)26)21-6-4-3-5-19(21)22(25)24-13-11-17-15-18(9-10-20(17)24)27-14-12-16-7-8-16/h3-6,9-10,15-16H,7-8,11-14H2,1-2H3. The van der Waals surface area contributed by atoms with Crippen LogP contribution in [0.15, 0.2) is 47.4 Å². The summed E-state index contributed by atoms with van der Waals surface area (Å²) in [4.78, 5) is 16.5. The van der Waals surface area contributed by atoms with Gasteiger partial charge in [0.1, 0.15) is 11.0 Å². The van der Waals surface area contributed by atoms with Crippen LogP contribution in [-0.2, 0) is 17.4 Å². The number of hydrogen-bond acceptors (Lipinski definition) is 3. The molecule has 1 atom stereocenters. The Morgan fingerprint density at radius 3 is 2.79 bits per heavy atom. The van der Waals surface area contributed by atoms with Gasteiger partial charge in [0, 0.05) is 30.4 Å². The van der Waals surface area contributed by atoms with E-state index >= 15 is 0 Å². The number of hydrogen-bond donors (Lipinski definition) is 0. The fourth-order valence-corrected chi connectivity index (χ4v) is 5.15. The molecule has 2 aliphatic rings. The van der Waals surface area contributed by atoms with Gasteiger partial charge < -0.3 is 4.90 Å². The van der Waals surface area contributed by atoms with Crippen LogP contribution >= 0.6 is 11.8 Å². The van der Waals surface area contributed by atoms with Gasteiger partial charge in [-0.1, -0.05) is 25.0 Å². The van der Waals surface area contributed by atoms with Gasteiger partial charge in [0.2, 0.25) is 0 Å². The Labute approximate surface area is 173 Å². The van der Waals surface area contributed by atoms with Crippen molar-refractivity contribution in [2.75, 3.05) is 34.8 Å². The molecule has 2 aromatic rings. The van der Waals surface area contributed by atoms with Crippen molar-refractivity contribution in [3.63, 3.8) is 0 Å². The highest BCUT2D eigenvalue weighted by Gasteiger charge is 2.28. The molecule has 0 spiro atoms. The van der Waals surface area contributed by atoms with Crippen molar-refractivity contribution in [2.45, 2.75) is 30.6 Å². The zero-order valence-electron chi connectivity index (χ0n) is 16.4. The minimum atomic E-state index is -1.18. The summed E-state index contributed by atoms with van der Waals surface area (Å²) in [5, 5.41) is 0. The summed E-state index contributed by atoms with van der Waals surface area (Å²) in [5.74, 6) is 2.12. The lowest BCUT2D eigenvalue weighted by atomic mass is 10.1. The molecular weight excluding hydrogens is 388 g/mol. The minimum absolute atomic E-state index is 0.0270. The van der Waals surface area contributed by atoms with Crippen LogP contribution in [0.3, 0.4) is 0 Å². The van der Waals surface area contributed by atoms with E-state index in [1.807, 2.05) is 40.9 Å². The van der Waals surface area contributed by atoms with Gasteiger partial charge >= 0.3 is 0 Å². The van der Waals surface area contributed by atoms with E-state index in [0.29, 0.717) is 17.8 Å². The molecule has 0 radical (unpaired) electrons. The van der Waals surface area contributed by atoms with Crippen molar-refractivity contribution in [3.05, 3.63) is 53.6 Å². The number of carbonyl (C=O) groups excluding carboxylic acids is 1. The first-order chi connectivity index (χ1) is 13.5. The van der Waals surface area contributed by atoms with Crippen LogP contribution in [-0.4, -0.2) is 35.7 Å². The zero-order valence-corrected chi connectivity index (χ0v) is 18.0. The molecule has 0 saturated heterocycles. The minimum Gasteiger partial charge on any atom is -0.308 e. The Morgan fingerprint density at radius 1 is 1.25 bits per heavy atom. The predicted molar refractivity (Wildman–Crippen MR) is 119 cm³/mol. The van der Waals surface area contributed by atoms with Gasteiger partial charge in [-0.05, 0) is 60.4 Å². The average molecular weight is 415 g/mol. The molecule has 0 aromatic heterocycles. The van der Waals surface area contributed by atoms with Crippen molar-refractivity contribution in [3.8, 4) is 0 Å². The van der Waals surface area contributed by atoms with Crippen LogP contribution in [0.5, 0.6) is 0 Å². The summed E-state index contributed by atoms with van der Waals surface area (Å²) in [5.41, 5.74) is 3.55. The number of rotatable bonds is 7.